The fourth-order valence-corrected chi connectivity index (χ4v) is 0.365. The van der Waals surface area contributed by atoms with Crippen LogP contribution in [-0.2, 0) is 4.79 Å². The van der Waals surface area contributed by atoms with Gasteiger partial charge in [-0.2, -0.15) is 0 Å². The zero-order valence-electron chi connectivity index (χ0n) is 5.48. The molecule has 0 unspecified atom stereocenters. The van der Waals surface area contributed by atoms with Gasteiger partial charge in [0.25, 0.3) is 0 Å². The summed E-state index contributed by atoms with van der Waals surface area (Å²) < 4.78 is 0. The van der Waals surface area contributed by atoms with Crippen molar-refractivity contribution in [1.29, 1.82) is 0 Å². The molecule has 0 spiro atoms. The SMILES string of the molecule is C=C(CC)C(=C)C(=O)O. The van der Waals surface area contributed by atoms with Gasteiger partial charge in [-0.05, 0) is 12.0 Å². The van der Waals surface area contributed by atoms with Gasteiger partial charge in [0.05, 0.1) is 5.57 Å². The number of carboxylic acid groups (broad SMARTS) is 1. The molecule has 1 N–H and O–H groups in total. The molecular formula is C7H10O2. The smallest absolute Gasteiger partial charge is 0.335 e. The second-order valence-electron chi connectivity index (χ2n) is 1.74. The van der Waals surface area contributed by atoms with Crippen LogP contribution in [0.1, 0.15) is 13.3 Å². The van der Waals surface area contributed by atoms with Crippen LogP contribution in [-0.4, -0.2) is 11.1 Å². The number of hydrogen-bond donors (Lipinski definition) is 1. The van der Waals surface area contributed by atoms with Crippen LogP contribution in [0.4, 0.5) is 0 Å². The Bertz CT molecular complexity index is 156. The van der Waals surface area contributed by atoms with Crippen molar-refractivity contribution in [2.75, 3.05) is 0 Å². The third-order valence-corrected chi connectivity index (χ3v) is 1.11. The van der Waals surface area contributed by atoms with Gasteiger partial charge in [-0.3, -0.25) is 0 Å². The normalized spacial score (nSPS) is 8.56. The van der Waals surface area contributed by atoms with E-state index in [1.807, 2.05) is 6.92 Å². The lowest BCUT2D eigenvalue weighted by molar-refractivity contribution is -0.132. The zero-order chi connectivity index (χ0) is 7.44. The van der Waals surface area contributed by atoms with Gasteiger partial charge in [-0.1, -0.05) is 20.1 Å². The van der Waals surface area contributed by atoms with Crippen molar-refractivity contribution in [1.82, 2.24) is 0 Å². The third-order valence-electron chi connectivity index (χ3n) is 1.11. The monoisotopic (exact) mass is 126 g/mol. The van der Waals surface area contributed by atoms with Crippen LogP contribution in [0.15, 0.2) is 24.3 Å². The molecule has 0 aliphatic heterocycles. The van der Waals surface area contributed by atoms with Crippen LogP contribution in [0.25, 0.3) is 0 Å². The Kier molecular flexibility index (Phi) is 2.71. The Morgan fingerprint density at radius 1 is 1.56 bits per heavy atom. The van der Waals surface area contributed by atoms with Gasteiger partial charge in [-0.25, -0.2) is 4.79 Å². The highest BCUT2D eigenvalue weighted by Gasteiger charge is 2.04. The average molecular weight is 126 g/mol. The molecule has 0 radical (unpaired) electrons. The maximum Gasteiger partial charge on any atom is 0.335 e. The Morgan fingerprint density at radius 3 is 2.11 bits per heavy atom. The first-order chi connectivity index (χ1) is 4.09. The molecule has 0 aliphatic rings. The van der Waals surface area contributed by atoms with Gasteiger partial charge in [-0.15, -0.1) is 0 Å². The van der Waals surface area contributed by atoms with Crippen molar-refractivity contribution in [3.05, 3.63) is 24.3 Å². The maximum atomic E-state index is 10.1. The van der Waals surface area contributed by atoms with E-state index in [1.165, 1.54) is 0 Å². The molecule has 0 saturated heterocycles. The van der Waals surface area contributed by atoms with Crippen LogP contribution in [0, 0.1) is 0 Å². The number of rotatable bonds is 3. The molecular weight excluding hydrogens is 116 g/mol. The van der Waals surface area contributed by atoms with Crippen LogP contribution >= 0.6 is 0 Å². The van der Waals surface area contributed by atoms with E-state index in [2.05, 4.69) is 13.2 Å². The summed E-state index contributed by atoms with van der Waals surface area (Å²) in [6.07, 6.45) is 0.644. The minimum Gasteiger partial charge on any atom is -0.478 e. The van der Waals surface area contributed by atoms with Crippen LogP contribution in [0.5, 0.6) is 0 Å². The first kappa shape index (κ1) is 7.95. The topological polar surface area (TPSA) is 37.3 Å². The summed E-state index contributed by atoms with van der Waals surface area (Å²) in [4.78, 5) is 10.1. The van der Waals surface area contributed by atoms with E-state index in [0.29, 0.717) is 12.0 Å². The van der Waals surface area contributed by atoms with E-state index in [9.17, 15) is 4.79 Å². The molecule has 0 bridgehead atoms. The number of carboxylic acids is 1. The van der Waals surface area contributed by atoms with E-state index in [1.54, 1.807) is 0 Å². The minimum atomic E-state index is -0.984. The predicted molar refractivity (Wildman–Crippen MR) is 36.2 cm³/mol. The Labute approximate surface area is 54.5 Å². The predicted octanol–water partition coefficient (Wildman–Crippen LogP) is 1.59. The highest BCUT2D eigenvalue weighted by atomic mass is 16.4. The molecule has 0 heterocycles. The van der Waals surface area contributed by atoms with E-state index < -0.39 is 5.97 Å². The Balaban J connectivity index is 4.05. The van der Waals surface area contributed by atoms with Crippen LogP contribution < -0.4 is 0 Å². The molecule has 9 heavy (non-hydrogen) atoms. The van der Waals surface area contributed by atoms with Crippen molar-refractivity contribution in [2.24, 2.45) is 0 Å². The van der Waals surface area contributed by atoms with Gasteiger partial charge in [0.2, 0.25) is 0 Å². The van der Waals surface area contributed by atoms with Gasteiger partial charge in [0.1, 0.15) is 0 Å². The first-order valence-electron chi connectivity index (χ1n) is 2.70. The molecule has 0 atom stereocenters. The molecule has 0 saturated carbocycles. The largest absolute Gasteiger partial charge is 0.478 e. The molecule has 0 fully saturated rings. The second kappa shape index (κ2) is 3.07. The number of hydrogen-bond acceptors (Lipinski definition) is 1. The highest BCUT2D eigenvalue weighted by molar-refractivity contribution is 5.90. The van der Waals surface area contributed by atoms with Gasteiger partial charge >= 0.3 is 5.97 Å². The fourth-order valence-electron chi connectivity index (χ4n) is 0.365. The third kappa shape index (κ3) is 2.13. The molecule has 0 aromatic heterocycles. The van der Waals surface area contributed by atoms with Crippen LogP contribution in [0.2, 0.25) is 0 Å². The summed E-state index contributed by atoms with van der Waals surface area (Å²) in [5.74, 6) is -0.984. The van der Waals surface area contributed by atoms with Crippen molar-refractivity contribution < 1.29 is 9.90 Å². The Morgan fingerprint density at radius 2 is 2.00 bits per heavy atom. The fraction of sp³-hybridized carbons (Fsp3) is 0.286. The number of aliphatic carboxylic acids is 1. The lowest BCUT2D eigenvalue weighted by atomic mass is 10.1. The molecule has 0 aliphatic carbocycles. The standard InChI is InChI=1S/C7H10O2/c1-4-5(2)6(3)7(8)9/h2-4H2,1H3,(H,8,9). The summed E-state index contributed by atoms with van der Waals surface area (Å²) in [5, 5.41) is 8.32. The maximum absolute atomic E-state index is 10.1. The molecule has 0 aromatic carbocycles. The van der Waals surface area contributed by atoms with Crippen molar-refractivity contribution in [3.8, 4) is 0 Å². The van der Waals surface area contributed by atoms with Gasteiger partial charge in [0, 0.05) is 0 Å². The molecule has 0 amide bonds. The quantitative estimate of drug-likeness (QED) is 0.460. The van der Waals surface area contributed by atoms with E-state index >= 15 is 0 Å². The highest BCUT2D eigenvalue weighted by Crippen LogP contribution is 2.07. The van der Waals surface area contributed by atoms with E-state index in [4.69, 9.17) is 5.11 Å². The minimum absolute atomic E-state index is 0.109. The average Bonchev–Trinajstić information content (AvgIpc) is 1.84. The second-order valence-corrected chi connectivity index (χ2v) is 1.74. The zero-order valence-corrected chi connectivity index (χ0v) is 5.48. The van der Waals surface area contributed by atoms with Gasteiger partial charge < -0.3 is 5.11 Å². The summed E-state index contributed by atoms with van der Waals surface area (Å²) in [7, 11) is 0. The molecule has 0 rings (SSSR count). The summed E-state index contributed by atoms with van der Waals surface area (Å²) in [6.45, 7) is 8.68. The van der Waals surface area contributed by atoms with Crippen molar-refractivity contribution >= 4 is 5.97 Å². The van der Waals surface area contributed by atoms with E-state index in [-0.39, 0.29) is 5.57 Å². The molecule has 50 valence electrons. The van der Waals surface area contributed by atoms with E-state index in [0.717, 1.165) is 0 Å². The van der Waals surface area contributed by atoms with Crippen molar-refractivity contribution in [3.63, 3.8) is 0 Å². The molecule has 2 heteroatoms. The first-order valence-corrected chi connectivity index (χ1v) is 2.70. The lowest BCUT2D eigenvalue weighted by Crippen LogP contribution is -1.99. The molecule has 2 nitrogen and oxygen atoms in total. The number of carbonyl (C=O) groups is 1. The summed E-state index contributed by atoms with van der Waals surface area (Å²) in [5.41, 5.74) is 0.694. The van der Waals surface area contributed by atoms with Crippen LogP contribution in [0.3, 0.4) is 0 Å². The van der Waals surface area contributed by atoms with Crippen molar-refractivity contribution in [2.45, 2.75) is 13.3 Å². The van der Waals surface area contributed by atoms with Gasteiger partial charge in [0.15, 0.2) is 0 Å². The summed E-state index contributed by atoms with van der Waals surface area (Å²) >= 11 is 0. The lowest BCUT2D eigenvalue weighted by Gasteiger charge is -1.98. The summed E-state index contributed by atoms with van der Waals surface area (Å²) in [6, 6.07) is 0. The molecule has 0 aromatic rings. The Hall–Kier alpha value is -1.05.